The maximum absolute atomic E-state index is 13.5. The first-order chi connectivity index (χ1) is 15.7. The number of anilines is 1. The van der Waals surface area contributed by atoms with Crippen LogP contribution in [0.4, 0.5) is 10.1 Å². The van der Waals surface area contributed by atoms with E-state index in [9.17, 15) is 18.8 Å². The van der Waals surface area contributed by atoms with Gasteiger partial charge in [0.15, 0.2) is 12.4 Å². The van der Waals surface area contributed by atoms with Gasteiger partial charge in [0.1, 0.15) is 18.2 Å². The molecule has 3 aliphatic carbocycles. The summed E-state index contributed by atoms with van der Waals surface area (Å²) in [6, 6.07) is 10.9. The molecule has 174 valence electrons. The average Bonchev–Trinajstić information content (AvgIpc) is 2.72. The lowest BCUT2D eigenvalue weighted by Gasteiger charge is -2.70. The maximum atomic E-state index is 13.5. The molecule has 3 fully saturated rings. The summed E-state index contributed by atoms with van der Waals surface area (Å²) in [6.45, 7) is -0.325. The fourth-order valence-electron chi connectivity index (χ4n) is 4.95. The number of para-hydroxylation sites is 1. The van der Waals surface area contributed by atoms with Crippen LogP contribution in [0.1, 0.15) is 36.0 Å². The molecule has 0 unspecified atom stereocenters. The summed E-state index contributed by atoms with van der Waals surface area (Å²) in [5.41, 5.74) is 0.495. The molecule has 0 atom stereocenters. The van der Waals surface area contributed by atoms with Crippen LogP contribution >= 0.6 is 11.6 Å². The lowest BCUT2D eigenvalue weighted by Crippen LogP contribution is -2.75. The van der Waals surface area contributed by atoms with E-state index in [4.69, 9.17) is 21.1 Å². The number of halogens is 2. The van der Waals surface area contributed by atoms with Crippen molar-refractivity contribution in [1.82, 2.24) is 5.32 Å². The van der Waals surface area contributed by atoms with Crippen LogP contribution in [0, 0.1) is 11.2 Å². The third-order valence-corrected chi connectivity index (χ3v) is 6.42. The summed E-state index contributed by atoms with van der Waals surface area (Å²) in [7, 11) is 1.43. The van der Waals surface area contributed by atoms with Crippen molar-refractivity contribution in [2.45, 2.75) is 31.2 Å². The van der Waals surface area contributed by atoms with E-state index in [-0.39, 0.29) is 52.5 Å². The zero-order valence-corrected chi connectivity index (χ0v) is 18.8. The zero-order valence-electron chi connectivity index (χ0n) is 18.1. The molecule has 2 bridgehead atoms. The largest absolute Gasteiger partial charge is 0.484 e. The van der Waals surface area contributed by atoms with Gasteiger partial charge in [-0.1, -0.05) is 23.7 Å². The molecule has 0 spiro atoms. The highest BCUT2D eigenvalue weighted by molar-refractivity contribution is 6.30. The summed E-state index contributed by atoms with van der Waals surface area (Å²) in [5.74, 6) is -1.05. The summed E-state index contributed by atoms with van der Waals surface area (Å²) in [4.78, 5) is 37.1. The van der Waals surface area contributed by atoms with Crippen molar-refractivity contribution >= 4 is 34.9 Å². The highest BCUT2D eigenvalue weighted by atomic mass is 35.5. The van der Waals surface area contributed by atoms with Crippen LogP contribution in [-0.4, -0.2) is 43.5 Å². The van der Waals surface area contributed by atoms with Gasteiger partial charge in [0.25, 0.3) is 5.91 Å². The minimum atomic E-state index is -0.611. The van der Waals surface area contributed by atoms with Crippen molar-refractivity contribution in [3.63, 3.8) is 0 Å². The highest BCUT2D eigenvalue weighted by Crippen LogP contribution is 2.69. The van der Waals surface area contributed by atoms with Gasteiger partial charge in [-0.25, -0.2) is 4.39 Å². The van der Waals surface area contributed by atoms with E-state index < -0.39 is 5.82 Å². The quantitative estimate of drug-likeness (QED) is 0.511. The molecule has 9 heteroatoms. The lowest BCUT2D eigenvalue weighted by atomic mass is 9.38. The predicted molar refractivity (Wildman–Crippen MR) is 120 cm³/mol. The normalized spacial score (nSPS) is 22.5. The van der Waals surface area contributed by atoms with Crippen LogP contribution in [0.15, 0.2) is 42.5 Å². The fourth-order valence-corrected chi connectivity index (χ4v) is 5.07. The molecule has 2 N–H and O–H groups in total. The molecule has 0 aliphatic heterocycles. The van der Waals surface area contributed by atoms with Gasteiger partial charge in [0, 0.05) is 30.7 Å². The molecule has 0 aromatic heterocycles. The number of nitrogens with one attached hydrogen (secondary N) is 2. The van der Waals surface area contributed by atoms with Gasteiger partial charge in [-0.05, 0) is 48.9 Å². The number of amides is 2. The second-order valence-corrected chi connectivity index (χ2v) is 9.26. The molecule has 3 aliphatic rings. The van der Waals surface area contributed by atoms with Crippen molar-refractivity contribution in [1.29, 1.82) is 0 Å². The number of rotatable bonds is 10. The van der Waals surface area contributed by atoms with Crippen LogP contribution < -0.4 is 15.4 Å². The van der Waals surface area contributed by atoms with E-state index >= 15 is 0 Å². The number of hydrogen-bond acceptors (Lipinski definition) is 5. The van der Waals surface area contributed by atoms with Gasteiger partial charge < -0.3 is 20.1 Å². The Morgan fingerprint density at radius 2 is 1.79 bits per heavy atom. The van der Waals surface area contributed by atoms with Crippen molar-refractivity contribution in [3.8, 4) is 5.75 Å². The fraction of sp³-hybridized carbons (Fsp3) is 0.375. The van der Waals surface area contributed by atoms with Crippen molar-refractivity contribution < 1.29 is 28.2 Å². The van der Waals surface area contributed by atoms with Crippen molar-refractivity contribution in [2.24, 2.45) is 5.41 Å². The molecule has 7 nitrogen and oxygen atoms in total. The lowest BCUT2D eigenvalue weighted by molar-refractivity contribution is -0.164. The standard InChI is InChI=1S/C24H24ClFN2O5/c1-32-10-21(30)27-19-5-3-2-4-16(19)20(29)9-23-12-24(13-23,14-23)28-22(31)11-33-15-6-7-17(25)18(26)8-15/h2-8H,9-14H2,1H3,(H,27,30)(H,28,31). The van der Waals surface area contributed by atoms with Gasteiger partial charge in [0.05, 0.1) is 10.7 Å². The third kappa shape index (κ3) is 5.02. The van der Waals surface area contributed by atoms with Gasteiger partial charge >= 0.3 is 0 Å². The van der Waals surface area contributed by atoms with Gasteiger partial charge in [-0.3, -0.25) is 14.4 Å². The van der Waals surface area contributed by atoms with E-state index in [0.717, 1.165) is 6.07 Å². The van der Waals surface area contributed by atoms with Crippen molar-refractivity contribution in [3.05, 3.63) is 58.9 Å². The minimum absolute atomic E-state index is 0.0134. The SMILES string of the molecule is COCC(=O)Nc1ccccc1C(=O)CC12CC(NC(=O)COc3ccc(Cl)c(F)c3)(C1)C2. The molecule has 3 saturated carbocycles. The Kier molecular flexibility index (Phi) is 6.41. The van der Waals surface area contributed by atoms with E-state index in [1.165, 1.54) is 19.2 Å². The number of methoxy groups -OCH3 is 1. The molecule has 2 aromatic carbocycles. The molecule has 33 heavy (non-hydrogen) atoms. The Morgan fingerprint density at radius 1 is 1.06 bits per heavy atom. The van der Waals surface area contributed by atoms with E-state index in [1.807, 2.05) is 0 Å². The first-order valence-corrected chi connectivity index (χ1v) is 10.9. The molecular formula is C24H24ClFN2O5. The number of benzene rings is 2. The van der Waals surface area contributed by atoms with E-state index in [0.29, 0.717) is 36.9 Å². The van der Waals surface area contributed by atoms with E-state index in [2.05, 4.69) is 10.6 Å². The summed E-state index contributed by atoms with van der Waals surface area (Å²) < 4.78 is 23.6. The zero-order chi connectivity index (χ0) is 23.6. The Labute approximate surface area is 195 Å². The number of carbonyl (C=O) groups excluding carboxylic acids is 3. The first kappa shape index (κ1) is 23.2. The Balaban J connectivity index is 1.26. The number of Topliss-reactive ketones (excluding diaryl/α,β-unsaturated/α-hetero) is 1. The van der Waals surface area contributed by atoms with E-state index in [1.54, 1.807) is 24.3 Å². The van der Waals surface area contributed by atoms with Crippen LogP contribution in [0.25, 0.3) is 0 Å². The minimum Gasteiger partial charge on any atom is -0.484 e. The number of carbonyl (C=O) groups is 3. The summed E-state index contributed by atoms with van der Waals surface area (Å²) in [6.07, 6.45) is 2.49. The molecule has 0 radical (unpaired) electrons. The van der Waals surface area contributed by atoms with Crippen LogP contribution in [0.2, 0.25) is 5.02 Å². The number of ketones is 1. The molecule has 5 rings (SSSR count). The van der Waals surface area contributed by atoms with Crippen LogP contribution in [-0.2, 0) is 14.3 Å². The third-order valence-electron chi connectivity index (χ3n) is 6.12. The Hall–Kier alpha value is -2.97. The van der Waals surface area contributed by atoms with Crippen LogP contribution in [0.3, 0.4) is 0 Å². The van der Waals surface area contributed by atoms with Crippen molar-refractivity contribution in [2.75, 3.05) is 25.6 Å². The Bertz CT molecular complexity index is 1090. The second-order valence-electron chi connectivity index (χ2n) is 8.85. The summed E-state index contributed by atoms with van der Waals surface area (Å²) >= 11 is 5.64. The predicted octanol–water partition coefficient (Wildman–Crippen LogP) is 3.75. The maximum Gasteiger partial charge on any atom is 0.258 e. The molecule has 2 aromatic rings. The average molecular weight is 475 g/mol. The van der Waals surface area contributed by atoms with Crippen LogP contribution in [0.5, 0.6) is 5.75 Å². The number of ether oxygens (including phenoxy) is 2. The smallest absolute Gasteiger partial charge is 0.258 e. The van der Waals surface area contributed by atoms with Gasteiger partial charge in [-0.15, -0.1) is 0 Å². The molecular weight excluding hydrogens is 451 g/mol. The van der Waals surface area contributed by atoms with Gasteiger partial charge in [-0.2, -0.15) is 0 Å². The first-order valence-electron chi connectivity index (χ1n) is 10.5. The highest BCUT2D eigenvalue weighted by Gasteiger charge is 2.68. The van der Waals surface area contributed by atoms with Gasteiger partial charge in [0.2, 0.25) is 5.91 Å². The monoisotopic (exact) mass is 474 g/mol. The Morgan fingerprint density at radius 3 is 2.48 bits per heavy atom. The number of hydrogen-bond donors (Lipinski definition) is 2. The molecule has 2 amide bonds. The molecule has 0 saturated heterocycles. The topological polar surface area (TPSA) is 93.7 Å². The second kappa shape index (κ2) is 9.11. The summed E-state index contributed by atoms with van der Waals surface area (Å²) in [5, 5.41) is 5.67. The molecule has 0 heterocycles.